The Labute approximate surface area is 199 Å². The summed E-state index contributed by atoms with van der Waals surface area (Å²) in [7, 11) is -3.41. The van der Waals surface area contributed by atoms with Gasteiger partial charge < -0.3 is 9.47 Å². The Balaban J connectivity index is 1.64. The minimum Gasteiger partial charge on any atom is -0.425 e. The lowest BCUT2D eigenvalue weighted by Crippen LogP contribution is -2.23. The zero-order chi connectivity index (χ0) is 22.8. The SMILES string of the molecule is O=C(C[C@@H]1CS(=O)(=O)C[C@@H]1CC(=O)Oc1ccc(Cl)cc1Cl)Oc1ccc(Cl)cc1Cl. The molecule has 1 fully saturated rings. The minimum absolute atomic E-state index is 0.116. The third kappa shape index (κ3) is 6.73. The van der Waals surface area contributed by atoms with Gasteiger partial charge in [-0.25, -0.2) is 8.42 Å². The van der Waals surface area contributed by atoms with Crippen molar-refractivity contribution in [2.75, 3.05) is 11.5 Å². The third-order valence-corrected chi connectivity index (χ3v) is 7.63. The number of rotatable bonds is 6. The number of sulfone groups is 1. The molecule has 0 radical (unpaired) electrons. The van der Waals surface area contributed by atoms with Crippen molar-refractivity contribution in [3.8, 4) is 11.5 Å². The van der Waals surface area contributed by atoms with Crippen molar-refractivity contribution in [1.82, 2.24) is 0 Å². The van der Waals surface area contributed by atoms with Gasteiger partial charge in [0.15, 0.2) is 9.84 Å². The Morgan fingerprint density at radius 3 is 1.52 bits per heavy atom. The lowest BCUT2D eigenvalue weighted by atomic mass is 9.90. The van der Waals surface area contributed by atoms with E-state index in [1.54, 1.807) is 0 Å². The van der Waals surface area contributed by atoms with E-state index in [0.717, 1.165) is 0 Å². The number of ether oxygens (including phenoxy) is 2. The molecule has 2 aromatic carbocycles. The van der Waals surface area contributed by atoms with Crippen LogP contribution in [0.25, 0.3) is 0 Å². The van der Waals surface area contributed by atoms with Crippen molar-refractivity contribution >= 4 is 68.2 Å². The number of esters is 2. The van der Waals surface area contributed by atoms with Crippen LogP contribution in [0, 0.1) is 11.8 Å². The topological polar surface area (TPSA) is 86.7 Å². The van der Waals surface area contributed by atoms with E-state index in [1.807, 2.05) is 0 Å². The molecule has 1 aliphatic rings. The summed E-state index contributed by atoms with van der Waals surface area (Å²) in [5.74, 6) is -2.74. The van der Waals surface area contributed by atoms with Crippen LogP contribution >= 0.6 is 46.4 Å². The molecule has 0 N–H and O–H groups in total. The first-order valence-corrected chi connectivity index (χ1v) is 12.4. The maximum absolute atomic E-state index is 12.4. The second kappa shape index (κ2) is 9.96. The van der Waals surface area contributed by atoms with Gasteiger partial charge in [0.2, 0.25) is 0 Å². The van der Waals surface area contributed by atoms with Gasteiger partial charge >= 0.3 is 11.9 Å². The lowest BCUT2D eigenvalue weighted by molar-refractivity contribution is -0.138. The average Bonchev–Trinajstić information content (AvgIpc) is 2.92. The van der Waals surface area contributed by atoms with Gasteiger partial charge in [-0.15, -0.1) is 0 Å². The highest BCUT2D eigenvalue weighted by Crippen LogP contribution is 2.34. The van der Waals surface area contributed by atoms with E-state index >= 15 is 0 Å². The van der Waals surface area contributed by atoms with Crippen molar-refractivity contribution in [3.63, 3.8) is 0 Å². The predicted molar refractivity (Wildman–Crippen MR) is 119 cm³/mol. The summed E-state index contributed by atoms with van der Waals surface area (Å²) in [6.45, 7) is 0. The van der Waals surface area contributed by atoms with Crippen LogP contribution in [-0.2, 0) is 19.4 Å². The molecular weight excluding hydrogens is 510 g/mol. The van der Waals surface area contributed by atoms with E-state index in [4.69, 9.17) is 55.9 Å². The van der Waals surface area contributed by atoms with Gasteiger partial charge in [-0.05, 0) is 48.2 Å². The quantitative estimate of drug-likeness (QED) is 0.378. The van der Waals surface area contributed by atoms with E-state index in [2.05, 4.69) is 0 Å². The second-order valence-corrected chi connectivity index (χ2v) is 10.9. The normalized spacial score (nSPS) is 19.7. The third-order valence-electron chi connectivity index (χ3n) is 4.70. The summed E-state index contributed by atoms with van der Waals surface area (Å²) in [6, 6.07) is 8.75. The van der Waals surface area contributed by atoms with Crippen LogP contribution in [0.15, 0.2) is 36.4 Å². The fraction of sp³-hybridized carbons (Fsp3) is 0.300. The first-order valence-electron chi connectivity index (χ1n) is 9.04. The Morgan fingerprint density at radius 2 is 1.16 bits per heavy atom. The highest BCUT2D eigenvalue weighted by Gasteiger charge is 2.40. The van der Waals surface area contributed by atoms with E-state index < -0.39 is 33.6 Å². The lowest BCUT2D eigenvalue weighted by Gasteiger charge is -2.17. The molecule has 0 aliphatic carbocycles. The van der Waals surface area contributed by atoms with Gasteiger partial charge in [-0.3, -0.25) is 9.59 Å². The van der Waals surface area contributed by atoms with Crippen molar-refractivity contribution < 1.29 is 27.5 Å². The van der Waals surface area contributed by atoms with Crippen LogP contribution < -0.4 is 9.47 Å². The number of benzene rings is 2. The fourth-order valence-electron chi connectivity index (χ4n) is 3.32. The molecule has 166 valence electrons. The molecule has 2 aromatic rings. The molecule has 31 heavy (non-hydrogen) atoms. The van der Waals surface area contributed by atoms with Gasteiger partial charge in [-0.1, -0.05) is 46.4 Å². The van der Waals surface area contributed by atoms with E-state index in [0.29, 0.717) is 10.0 Å². The van der Waals surface area contributed by atoms with Crippen LogP contribution in [0.2, 0.25) is 20.1 Å². The maximum Gasteiger partial charge on any atom is 0.311 e. The standard InChI is InChI=1S/C20H16Cl4O6S/c21-13-1-3-17(15(23)7-13)29-19(25)5-11-9-31(27,28)10-12(11)6-20(26)30-18-4-2-14(22)8-16(18)24/h1-4,7-8,11-12H,5-6,9-10H2/t11-,12+. The van der Waals surface area contributed by atoms with Crippen LogP contribution in [0.3, 0.4) is 0 Å². The van der Waals surface area contributed by atoms with Crippen LogP contribution in [0.4, 0.5) is 0 Å². The number of hydrogen-bond acceptors (Lipinski definition) is 6. The Morgan fingerprint density at radius 1 is 0.774 bits per heavy atom. The van der Waals surface area contributed by atoms with Crippen LogP contribution in [0.1, 0.15) is 12.8 Å². The van der Waals surface area contributed by atoms with Crippen LogP contribution in [-0.4, -0.2) is 31.9 Å². The zero-order valence-electron chi connectivity index (χ0n) is 15.8. The first kappa shape index (κ1) is 24.1. The summed E-state index contributed by atoms with van der Waals surface area (Å²) < 4.78 is 34.7. The van der Waals surface area contributed by atoms with Gasteiger partial charge in [0.1, 0.15) is 11.5 Å². The molecule has 0 spiro atoms. The molecule has 0 saturated carbocycles. The Hall–Kier alpha value is -1.51. The number of carbonyl (C=O) groups excluding carboxylic acids is 2. The zero-order valence-corrected chi connectivity index (χ0v) is 19.7. The fourth-order valence-corrected chi connectivity index (χ4v) is 6.43. The van der Waals surface area contributed by atoms with E-state index in [1.165, 1.54) is 36.4 Å². The predicted octanol–water partition coefficient (Wildman–Crippen LogP) is 5.25. The first-order chi connectivity index (χ1) is 14.5. The van der Waals surface area contributed by atoms with E-state index in [-0.39, 0.29) is 45.9 Å². The minimum atomic E-state index is -3.41. The number of carbonyl (C=O) groups is 2. The van der Waals surface area contributed by atoms with Gasteiger partial charge in [0.25, 0.3) is 0 Å². The Bertz CT molecular complexity index is 1040. The molecule has 1 aliphatic heterocycles. The Kier molecular flexibility index (Phi) is 7.76. The maximum atomic E-state index is 12.4. The molecule has 2 atom stereocenters. The summed E-state index contributed by atoms with van der Waals surface area (Å²) >= 11 is 23.6. The van der Waals surface area contributed by atoms with Crippen LogP contribution in [0.5, 0.6) is 11.5 Å². The molecule has 6 nitrogen and oxygen atoms in total. The molecule has 11 heteroatoms. The summed E-state index contributed by atoms with van der Waals surface area (Å²) in [5, 5.41) is 1.07. The van der Waals surface area contributed by atoms with Crippen molar-refractivity contribution in [1.29, 1.82) is 0 Å². The molecule has 0 unspecified atom stereocenters. The number of halogens is 4. The molecule has 1 saturated heterocycles. The number of hydrogen-bond donors (Lipinski definition) is 0. The average molecular weight is 526 g/mol. The summed E-state index contributed by atoms with van der Waals surface area (Å²) in [5.41, 5.74) is 0. The molecular formula is C20H16Cl4O6S. The summed E-state index contributed by atoms with van der Waals surface area (Å²) in [4.78, 5) is 24.7. The summed E-state index contributed by atoms with van der Waals surface area (Å²) in [6.07, 6.45) is -0.393. The molecule has 0 aromatic heterocycles. The van der Waals surface area contributed by atoms with E-state index in [9.17, 15) is 18.0 Å². The monoisotopic (exact) mass is 524 g/mol. The van der Waals surface area contributed by atoms with Gasteiger partial charge in [-0.2, -0.15) is 0 Å². The van der Waals surface area contributed by atoms with Gasteiger partial charge in [0, 0.05) is 10.0 Å². The van der Waals surface area contributed by atoms with Crippen molar-refractivity contribution in [2.24, 2.45) is 11.8 Å². The molecule has 3 rings (SSSR count). The molecule has 1 heterocycles. The smallest absolute Gasteiger partial charge is 0.311 e. The highest BCUT2D eigenvalue weighted by atomic mass is 35.5. The van der Waals surface area contributed by atoms with Crippen molar-refractivity contribution in [3.05, 3.63) is 56.5 Å². The van der Waals surface area contributed by atoms with Crippen molar-refractivity contribution in [2.45, 2.75) is 12.8 Å². The largest absolute Gasteiger partial charge is 0.425 e. The molecule has 0 bridgehead atoms. The second-order valence-electron chi connectivity index (χ2n) is 7.10. The van der Waals surface area contributed by atoms with Gasteiger partial charge in [0.05, 0.1) is 34.4 Å². The molecule has 0 amide bonds. The highest BCUT2D eigenvalue weighted by molar-refractivity contribution is 7.91.